The Hall–Kier alpha value is -6.32. The minimum atomic E-state index is 0.880. The zero-order valence-corrected chi connectivity index (χ0v) is 25.5. The first-order valence-corrected chi connectivity index (χ1v) is 16.0. The molecule has 2 aromatic heterocycles. The number of furan rings is 1. The van der Waals surface area contributed by atoms with E-state index in [0.29, 0.717) is 0 Å². The van der Waals surface area contributed by atoms with E-state index in [0.717, 1.165) is 44.7 Å². The fourth-order valence-corrected chi connectivity index (χ4v) is 7.44. The summed E-state index contributed by atoms with van der Waals surface area (Å²) in [6, 6.07) is 60.8. The van der Waals surface area contributed by atoms with Gasteiger partial charge in [-0.05, 0) is 82.9 Å². The third-order valence-electron chi connectivity index (χ3n) is 9.52. The first-order chi connectivity index (χ1) is 23.3. The molecule has 2 heterocycles. The summed E-state index contributed by atoms with van der Waals surface area (Å²) < 4.78 is 8.76. The molecule has 0 unspecified atom stereocenters. The van der Waals surface area contributed by atoms with E-state index < -0.39 is 0 Å². The van der Waals surface area contributed by atoms with Crippen LogP contribution in [0.5, 0.6) is 0 Å². The number of anilines is 3. The van der Waals surface area contributed by atoms with Crippen molar-refractivity contribution in [3.05, 3.63) is 170 Å². The molecule has 10 rings (SSSR count). The van der Waals surface area contributed by atoms with E-state index in [1.165, 1.54) is 43.4 Å². The van der Waals surface area contributed by atoms with Crippen LogP contribution >= 0.6 is 0 Å². The molecule has 0 aliphatic rings. The van der Waals surface area contributed by atoms with Crippen LogP contribution in [0.15, 0.2) is 174 Å². The second-order valence-corrected chi connectivity index (χ2v) is 12.2. The Balaban J connectivity index is 1.28. The van der Waals surface area contributed by atoms with E-state index in [1.54, 1.807) is 0 Å². The van der Waals surface area contributed by atoms with Crippen molar-refractivity contribution in [1.29, 1.82) is 0 Å². The van der Waals surface area contributed by atoms with Crippen molar-refractivity contribution in [1.82, 2.24) is 4.57 Å². The Kier molecular flexibility index (Phi) is 5.57. The number of hydrogen-bond acceptors (Lipinski definition) is 2. The Morgan fingerprint density at radius 2 is 1.11 bits per heavy atom. The second kappa shape index (κ2) is 10.1. The van der Waals surface area contributed by atoms with Crippen LogP contribution in [0.2, 0.25) is 0 Å². The number of para-hydroxylation sites is 3. The highest BCUT2D eigenvalue weighted by Crippen LogP contribution is 2.46. The van der Waals surface area contributed by atoms with Gasteiger partial charge in [0.1, 0.15) is 11.2 Å². The highest BCUT2D eigenvalue weighted by molar-refractivity contribution is 6.18. The SMILES string of the molecule is c1ccc(N(c2cccc3cc4c(cc23)c2ccccc2n4-c2ccc3ccccc3c2)c2cccc3oc4ccccc4c23)cc1. The number of nitrogens with zero attached hydrogens (tertiary/aromatic N) is 2. The van der Waals surface area contributed by atoms with Crippen LogP contribution in [0.25, 0.3) is 71.0 Å². The molecule has 0 radical (unpaired) electrons. The van der Waals surface area contributed by atoms with E-state index in [2.05, 4.69) is 167 Å². The fraction of sp³-hybridized carbons (Fsp3) is 0. The average molecular weight is 601 g/mol. The normalized spacial score (nSPS) is 11.8. The van der Waals surface area contributed by atoms with Crippen molar-refractivity contribution in [2.24, 2.45) is 0 Å². The second-order valence-electron chi connectivity index (χ2n) is 12.2. The Morgan fingerprint density at radius 1 is 0.404 bits per heavy atom. The summed E-state index contributed by atoms with van der Waals surface area (Å²) in [5.41, 5.74) is 8.63. The maximum Gasteiger partial charge on any atom is 0.137 e. The summed E-state index contributed by atoms with van der Waals surface area (Å²) >= 11 is 0. The van der Waals surface area contributed by atoms with Gasteiger partial charge in [-0.1, -0.05) is 103 Å². The molecule has 0 saturated carbocycles. The highest BCUT2D eigenvalue weighted by Gasteiger charge is 2.22. The van der Waals surface area contributed by atoms with Crippen molar-refractivity contribution in [3.8, 4) is 5.69 Å². The number of hydrogen-bond donors (Lipinski definition) is 0. The van der Waals surface area contributed by atoms with Crippen LogP contribution in [0.3, 0.4) is 0 Å². The third kappa shape index (κ3) is 3.93. The summed E-state index contributed by atoms with van der Waals surface area (Å²) in [5, 5.41) is 9.54. The molecular weight excluding hydrogens is 572 g/mol. The van der Waals surface area contributed by atoms with Crippen LogP contribution in [0.1, 0.15) is 0 Å². The molecule has 3 nitrogen and oxygen atoms in total. The van der Waals surface area contributed by atoms with Gasteiger partial charge in [0.15, 0.2) is 0 Å². The van der Waals surface area contributed by atoms with Gasteiger partial charge in [0, 0.05) is 32.9 Å². The van der Waals surface area contributed by atoms with E-state index >= 15 is 0 Å². The van der Waals surface area contributed by atoms with Crippen molar-refractivity contribution in [3.63, 3.8) is 0 Å². The lowest BCUT2D eigenvalue weighted by atomic mass is 10.0. The van der Waals surface area contributed by atoms with Crippen molar-refractivity contribution >= 4 is 82.4 Å². The molecule has 0 spiro atoms. The monoisotopic (exact) mass is 600 g/mol. The lowest BCUT2D eigenvalue weighted by Crippen LogP contribution is -2.10. The molecule has 0 saturated heterocycles. The molecule has 10 aromatic rings. The molecule has 47 heavy (non-hydrogen) atoms. The van der Waals surface area contributed by atoms with E-state index in [4.69, 9.17) is 4.42 Å². The maximum absolute atomic E-state index is 6.35. The average Bonchev–Trinajstić information content (AvgIpc) is 3.67. The van der Waals surface area contributed by atoms with Gasteiger partial charge in [0.2, 0.25) is 0 Å². The standard InChI is InChI=1S/C44H28N2O/c1-2-15-32(16-3-1)45(40-21-11-23-43-44(40)35-18-7-9-22-42(35)47-43)39-20-10-14-31-27-41-37(28-36(31)39)34-17-6-8-19-38(34)46(41)33-25-24-29-12-4-5-13-30(29)26-33/h1-28H. The number of rotatable bonds is 4. The van der Waals surface area contributed by atoms with Gasteiger partial charge in [-0.25, -0.2) is 0 Å². The summed E-state index contributed by atoms with van der Waals surface area (Å²) in [7, 11) is 0. The zero-order valence-electron chi connectivity index (χ0n) is 25.5. The predicted octanol–water partition coefficient (Wildman–Crippen LogP) is 12.5. The lowest BCUT2D eigenvalue weighted by Gasteiger charge is -2.27. The smallest absolute Gasteiger partial charge is 0.137 e. The van der Waals surface area contributed by atoms with Crippen molar-refractivity contribution in [2.75, 3.05) is 4.90 Å². The molecule has 0 N–H and O–H groups in total. The minimum absolute atomic E-state index is 0.880. The van der Waals surface area contributed by atoms with Crippen LogP contribution < -0.4 is 4.90 Å². The first kappa shape index (κ1) is 26.0. The van der Waals surface area contributed by atoms with Crippen LogP contribution in [-0.4, -0.2) is 4.57 Å². The molecule has 3 heteroatoms. The van der Waals surface area contributed by atoms with Crippen LogP contribution in [-0.2, 0) is 0 Å². The fourth-order valence-electron chi connectivity index (χ4n) is 7.44. The first-order valence-electron chi connectivity index (χ1n) is 16.0. The molecule has 0 aliphatic heterocycles. The molecule has 0 aliphatic carbocycles. The largest absolute Gasteiger partial charge is 0.456 e. The van der Waals surface area contributed by atoms with Gasteiger partial charge in [-0.15, -0.1) is 0 Å². The lowest BCUT2D eigenvalue weighted by molar-refractivity contribution is 0.669. The van der Waals surface area contributed by atoms with E-state index in [9.17, 15) is 0 Å². The maximum atomic E-state index is 6.35. The summed E-state index contributed by atoms with van der Waals surface area (Å²) in [6.07, 6.45) is 0. The molecule has 220 valence electrons. The van der Waals surface area contributed by atoms with Gasteiger partial charge < -0.3 is 13.9 Å². The summed E-state index contributed by atoms with van der Waals surface area (Å²) in [4.78, 5) is 2.39. The quantitative estimate of drug-likeness (QED) is 0.200. The van der Waals surface area contributed by atoms with Gasteiger partial charge in [-0.2, -0.15) is 0 Å². The van der Waals surface area contributed by atoms with Gasteiger partial charge >= 0.3 is 0 Å². The molecule has 0 bridgehead atoms. The predicted molar refractivity (Wildman–Crippen MR) is 198 cm³/mol. The Bertz CT molecular complexity index is 2810. The van der Waals surface area contributed by atoms with E-state index in [-0.39, 0.29) is 0 Å². The summed E-state index contributed by atoms with van der Waals surface area (Å²) in [5.74, 6) is 0. The topological polar surface area (TPSA) is 21.3 Å². The van der Waals surface area contributed by atoms with Gasteiger partial charge in [0.25, 0.3) is 0 Å². The number of fused-ring (bicyclic) bond motifs is 8. The van der Waals surface area contributed by atoms with Crippen LogP contribution in [0, 0.1) is 0 Å². The van der Waals surface area contributed by atoms with Crippen molar-refractivity contribution < 1.29 is 4.42 Å². The Labute approximate surface area is 271 Å². The number of aromatic nitrogens is 1. The molecule has 0 atom stereocenters. The number of benzene rings is 8. The Morgan fingerprint density at radius 3 is 2.02 bits per heavy atom. The minimum Gasteiger partial charge on any atom is -0.456 e. The molecule has 8 aromatic carbocycles. The molecule has 0 fully saturated rings. The van der Waals surface area contributed by atoms with Crippen LogP contribution in [0.4, 0.5) is 17.1 Å². The zero-order chi connectivity index (χ0) is 30.9. The van der Waals surface area contributed by atoms with Gasteiger partial charge in [0.05, 0.1) is 27.8 Å². The third-order valence-corrected chi connectivity index (χ3v) is 9.52. The highest BCUT2D eigenvalue weighted by atomic mass is 16.3. The molecular formula is C44H28N2O. The van der Waals surface area contributed by atoms with Gasteiger partial charge in [-0.3, -0.25) is 0 Å². The summed E-state index contributed by atoms with van der Waals surface area (Å²) in [6.45, 7) is 0. The van der Waals surface area contributed by atoms with Crippen molar-refractivity contribution in [2.45, 2.75) is 0 Å². The van der Waals surface area contributed by atoms with E-state index in [1.807, 2.05) is 12.1 Å². The molecule has 0 amide bonds.